The molecule has 3 nitrogen and oxygen atoms in total. The van der Waals surface area contributed by atoms with Crippen LogP contribution in [0.25, 0.3) is 0 Å². The maximum Gasteiger partial charge on any atom is 0.246 e. The minimum atomic E-state index is 0. The smallest absolute Gasteiger partial charge is 0.246 e. The summed E-state index contributed by atoms with van der Waals surface area (Å²) >= 11 is 0. The molecule has 1 aliphatic rings. The van der Waals surface area contributed by atoms with E-state index >= 15 is 0 Å². The molecule has 1 fully saturated rings. The summed E-state index contributed by atoms with van der Waals surface area (Å²) < 4.78 is 0. The Bertz CT molecular complexity index is 264. The third-order valence-corrected chi connectivity index (χ3v) is 2.63. The topological polar surface area (TPSA) is 32.3 Å². The fourth-order valence-corrected chi connectivity index (χ4v) is 1.84. The Morgan fingerprint density at radius 1 is 1.50 bits per heavy atom. The fourth-order valence-electron chi connectivity index (χ4n) is 1.84. The fraction of sp³-hybridized carbons (Fsp3) is 0.583. The molecule has 16 heavy (non-hydrogen) atoms. The molecule has 1 heterocycles. The van der Waals surface area contributed by atoms with Crippen LogP contribution in [0.3, 0.4) is 0 Å². The molecule has 0 radical (unpaired) electrons. The van der Waals surface area contributed by atoms with Crippen molar-refractivity contribution >= 4 is 18.3 Å². The normalized spacial score (nSPS) is 20.6. The second-order valence-electron chi connectivity index (χ2n) is 3.88. The van der Waals surface area contributed by atoms with Gasteiger partial charge in [0.2, 0.25) is 5.91 Å². The minimum Gasteiger partial charge on any atom is -0.339 e. The van der Waals surface area contributed by atoms with Gasteiger partial charge in [0.25, 0.3) is 0 Å². The quantitative estimate of drug-likeness (QED) is 0.602. The molecule has 1 N–H and O–H groups in total. The molecule has 1 atom stereocenters. The Morgan fingerprint density at radius 3 is 2.88 bits per heavy atom. The van der Waals surface area contributed by atoms with Gasteiger partial charge in [0.05, 0.1) is 0 Å². The highest BCUT2D eigenvalue weighted by atomic mass is 35.5. The van der Waals surface area contributed by atoms with Crippen molar-refractivity contribution in [2.24, 2.45) is 5.92 Å². The van der Waals surface area contributed by atoms with Gasteiger partial charge in [0.1, 0.15) is 0 Å². The van der Waals surface area contributed by atoms with Gasteiger partial charge in [-0.1, -0.05) is 18.2 Å². The molecule has 0 aromatic heterocycles. The summed E-state index contributed by atoms with van der Waals surface area (Å²) in [5.41, 5.74) is 0. The summed E-state index contributed by atoms with van der Waals surface area (Å²) in [6, 6.07) is 0. The predicted octanol–water partition coefficient (Wildman–Crippen LogP) is 1.61. The lowest BCUT2D eigenvalue weighted by atomic mass is 10.1. The van der Waals surface area contributed by atoms with Crippen LogP contribution in [0.2, 0.25) is 0 Å². The summed E-state index contributed by atoms with van der Waals surface area (Å²) in [7, 11) is 1.95. The number of amides is 1. The molecule has 0 saturated carbocycles. The summed E-state index contributed by atoms with van der Waals surface area (Å²) in [5.74, 6) is 0.751. The number of nitrogens with one attached hydrogen (secondary N) is 1. The third-order valence-electron chi connectivity index (χ3n) is 2.63. The number of carbonyl (C=O) groups is 1. The lowest BCUT2D eigenvalue weighted by Crippen LogP contribution is -2.28. The van der Waals surface area contributed by atoms with Gasteiger partial charge < -0.3 is 10.2 Å². The van der Waals surface area contributed by atoms with Crippen LogP contribution in [0.15, 0.2) is 24.3 Å². The Morgan fingerprint density at radius 2 is 2.25 bits per heavy atom. The van der Waals surface area contributed by atoms with E-state index in [4.69, 9.17) is 0 Å². The molecule has 92 valence electrons. The molecule has 1 rings (SSSR count). The first-order valence-electron chi connectivity index (χ1n) is 5.50. The molecule has 0 aromatic rings. The first-order valence-corrected chi connectivity index (χ1v) is 5.50. The van der Waals surface area contributed by atoms with E-state index in [0.29, 0.717) is 5.92 Å². The SMILES string of the molecule is CC=CC=CC(=O)N1CCC(CNC)C1.Cl. The highest BCUT2D eigenvalue weighted by molar-refractivity contribution is 5.88. The molecule has 0 aliphatic carbocycles. The number of hydrogen-bond acceptors (Lipinski definition) is 2. The molecule has 0 spiro atoms. The number of hydrogen-bond donors (Lipinski definition) is 1. The van der Waals surface area contributed by atoms with Crippen molar-refractivity contribution in [2.45, 2.75) is 13.3 Å². The van der Waals surface area contributed by atoms with Crippen LogP contribution in [0.5, 0.6) is 0 Å². The molecule has 4 heteroatoms. The zero-order chi connectivity index (χ0) is 11.1. The molecular formula is C12H21ClN2O. The average molecular weight is 245 g/mol. The highest BCUT2D eigenvalue weighted by Gasteiger charge is 2.23. The summed E-state index contributed by atoms with van der Waals surface area (Å²) in [6.07, 6.45) is 8.34. The van der Waals surface area contributed by atoms with Gasteiger partial charge in [0.15, 0.2) is 0 Å². The van der Waals surface area contributed by atoms with Gasteiger partial charge in [0, 0.05) is 19.2 Å². The van der Waals surface area contributed by atoms with Crippen molar-refractivity contribution < 1.29 is 4.79 Å². The van der Waals surface area contributed by atoms with E-state index in [9.17, 15) is 4.79 Å². The van der Waals surface area contributed by atoms with Crippen molar-refractivity contribution in [3.8, 4) is 0 Å². The van der Waals surface area contributed by atoms with Gasteiger partial charge in [-0.15, -0.1) is 12.4 Å². The minimum absolute atomic E-state index is 0. The Labute approximate surface area is 104 Å². The number of allylic oxidation sites excluding steroid dienone is 3. The molecule has 0 aromatic carbocycles. The number of likely N-dealkylation sites (tertiary alicyclic amines) is 1. The number of halogens is 1. The number of nitrogens with zero attached hydrogens (tertiary/aromatic N) is 1. The van der Waals surface area contributed by atoms with Crippen LogP contribution >= 0.6 is 12.4 Å². The lowest BCUT2D eigenvalue weighted by Gasteiger charge is -2.13. The standard InChI is InChI=1S/C12H20N2O.ClH/c1-3-4-5-6-12(15)14-8-7-11(10-14)9-13-2;/h3-6,11,13H,7-10H2,1-2H3;1H. The van der Waals surface area contributed by atoms with Crippen molar-refractivity contribution in [1.82, 2.24) is 10.2 Å². The van der Waals surface area contributed by atoms with Crippen molar-refractivity contribution in [1.29, 1.82) is 0 Å². The third kappa shape index (κ3) is 4.81. The van der Waals surface area contributed by atoms with Crippen LogP contribution < -0.4 is 5.32 Å². The summed E-state index contributed by atoms with van der Waals surface area (Å²) in [5, 5.41) is 3.15. The molecule has 0 bridgehead atoms. The van der Waals surface area contributed by atoms with E-state index in [0.717, 1.165) is 26.1 Å². The molecule has 1 saturated heterocycles. The first-order chi connectivity index (χ1) is 7.27. The Balaban J connectivity index is 0.00000225. The molecular weight excluding hydrogens is 224 g/mol. The summed E-state index contributed by atoms with van der Waals surface area (Å²) in [4.78, 5) is 13.6. The monoisotopic (exact) mass is 244 g/mol. The van der Waals surface area contributed by atoms with Crippen LogP contribution in [-0.2, 0) is 4.79 Å². The lowest BCUT2D eigenvalue weighted by molar-refractivity contribution is -0.125. The molecule has 1 aliphatic heterocycles. The summed E-state index contributed by atoms with van der Waals surface area (Å²) in [6.45, 7) is 4.72. The zero-order valence-corrected chi connectivity index (χ0v) is 10.8. The first kappa shape index (κ1) is 15.2. The van der Waals surface area contributed by atoms with Crippen LogP contribution in [-0.4, -0.2) is 37.5 Å². The van der Waals surface area contributed by atoms with Crippen LogP contribution in [0.4, 0.5) is 0 Å². The van der Waals surface area contributed by atoms with Gasteiger partial charge >= 0.3 is 0 Å². The average Bonchev–Trinajstić information content (AvgIpc) is 2.67. The van der Waals surface area contributed by atoms with E-state index in [1.54, 1.807) is 12.2 Å². The van der Waals surface area contributed by atoms with Crippen molar-refractivity contribution in [2.75, 3.05) is 26.7 Å². The van der Waals surface area contributed by atoms with Gasteiger partial charge in [-0.3, -0.25) is 4.79 Å². The predicted molar refractivity (Wildman–Crippen MR) is 69.8 cm³/mol. The second kappa shape index (κ2) is 8.36. The van der Waals surface area contributed by atoms with Crippen molar-refractivity contribution in [3.63, 3.8) is 0 Å². The van der Waals surface area contributed by atoms with Crippen LogP contribution in [0.1, 0.15) is 13.3 Å². The van der Waals surface area contributed by atoms with Gasteiger partial charge in [-0.2, -0.15) is 0 Å². The maximum absolute atomic E-state index is 11.7. The largest absolute Gasteiger partial charge is 0.339 e. The Kier molecular flexibility index (Phi) is 7.95. The van der Waals surface area contributed by atoms with E-state index in [1.165, 1.54) is 0 Å². The van der Waals surface area contributed by atoms with E-state index in [-0.39, 0.29) is 18.3 Å². The second-order valence-corrected chi connectivity index (χ2v) is 3.88. The van der Waals surface area contributed by atoms with Gasteiger partial charge in [-0.05, 0) is 32.9 Å². The van der Waals surface area contributed by atoms with Crippen molar-refractivity contribution in [3.05, 3.63) is 24.3 Å². The van der Waals surface area contributed by atoms with E-state index in [2.05, 4.69) is 5.32 Å². The number of rotatable bonds is 4. The highest BCUT2D eigenvalue weighted by Crippen LogP contribution is 2.15. The Hall–Kier alpha value is -0.800. The van der Waals surface area contributed by atoms with E-state index < -0.39 is 0 Å². The molecule has 1 unspecified atom stereocenters. The molecule has 1 amide bonds. The van der Waals surface area contributed by atoms with E-state index in [1.807, 2.05) is 31.0 Å². The number of carbonyl (C=O) groups excluding carboxylic acids is 1. The van der Waals surface area contributed by atoms with Gasteiger partial charge in [-0.25, -0.2) is 0 Å². The zero-order valence-electron chi connectivity index (χ0n) is 9.98. The van der Waals surface area contributed by atoms with Crippen LogP contribution in [0, 0.1) is 5.92 Å². The maximum atomic E-state index is 11.7.